The van der Waals surface area contributed by atoms with Crippen LogP contribution in [-0.2, 0) is 6.42 Å². The molecule has 0 spiro atoms. The average molecular weight is 243 g/mol. The van der Waals surface area contributed by atoms with E-state index >= 15 is 0 Å². The van der Waals surface area contributed by atoms with Gasteiger partial charge < -0.3 is 0 Å². The first-order valence-electron chi connectivity index (χ1n) is 6.31. The molecule has 0 fully saturated rings. The molecule has 3 nitrogen and oxygen atoms in total. The number of nitrogens with two attached hydrogens (primary N) is 1. The van der Waals surface area contributed by atoms with Gasteiger partial charge in [0.25, 0.3) is 0 Å². The molecular weight excluding hydrogens is 222 g/mol. The Kier molecular flexibility index (Phi) is 3.64. The lowest BCUT2D eigenvalue weighted by Crippen LogP contribution is -2.45. The van der Waals surface area contributed by atoms with Crippen LogP contribution in [0.4, 0.5) is 0 Å². The van der Waals surface area contributed by atoms with Gasteiger partial charge in [-0.1, -0.05) is 39.0 Å². The minimum Gasteiger partial charge on any atom is -0.271 e. The minimum absolute atomic E-state index is 0.124. The standard InChI is InChI=1S/C15H21N3/c1-15(2,3)14(18-16)10-11-8-9-17-13-7-5-4-6-12(11)13/h4-9,14,18H,10,16H2,1-3H3. The van der Waals surface area contributed by atoms with Crippen molar-refractivity contribution in [3.63, 3.8) is 0 Å². The summed E-state index contributed by atoms with van der Waals surface area (Å²) in [5.74, 6) is 5.69. The topological polar surface area (TPSA) is 50.9 Å². The van der Waals surface area contributed by atoms with E-state index in [1.54, 1.807) is 0 Å². The molecule has 1 aromatic heterocycles. The maximum atomic E-state index is 5.69. The first kappa shape index (κ1) is 13.0. The fourth-order valence-corrected chi connectivity index (χ4v) is 2.17. The molecule has 3 heteroatoms. The zero-order valence-corrected chi connectivity index (χ0v) is 11.3. The van der Waals surface area contributed by atoms with Gasteiger partial charge in [0.2, 0.25) is 0 Å². The van der Waals surface area contributed by atoms with Crippen LogP contribution in [0.15, 0.2) is 36.5 Å². The average Bonchev–Trinajstić information content (AvgIpc) is 2.34. The van der Waals surface area contributed by atoms with Crippen LogP contribution in [0.5, 0.6) is 0 Å². The fraction of sp³-hybridized carbons (Fsp3) is 0.400. The van der Waals surface area contributed by atoms with Crippen LogP contribution < -0.4 is 11.3 Å². The summed E-state index contributed by atoms with van der Waals surface area (Å²) in [5.41, 5.74) is 5.39. The van der Waals surface area contributed by atoms with E-state index in [-0.39, 0.29) is 11.5 Å². The number of pyridine rings is 1. The monoisotopic (exact) mass is 243 g/mol. The summed E-state index contributed by atoms with van der Waals surface area (Å²) < 4.78 is 0. The van der Waals surface area contributed by atoms with Crippen LogP contribution >= 0.6 is 0 Å². The molecular formula is C15H21N3. The second kappa shape index (κ2) is 5.04. The number of nitrogens with zero attached hydrogens (tertiary/aromatic N) is 1. The van der Waals surface area contributed by atoms with Crippen molar-refractivity contribution in [1.29, 1.82) is 0 Å². The zero-order valence-electron chi connectivity index (χ0n) is 11.3. The summed E-state index contributed by atoms with van der Waals surface area (Å²) in [6.07, 6.45) is 2.77. The van der Waals surface area contributed by atoms with E-state index in [1.165, 1.54) is 10.9 Å². The van der Waals surface area contributed by atoms with Crippen LogP contribution in [0.1, 0.15) is 26.3 Å². The summed E-state index contributed by atoms with van der Waals surface area (Å²) in [6.45, 7) is 6.59. The van der Waals surface area contributed by atoms with Crippen molar-refractivity contribution in [2.75, 3.05) is 0 Å². The van der Waals surface area contributed by atoms with E-state index in [1.807, 2.05) is 18.3 Å². The highest BCUT2D eigenvalue weighted by Gasteiger charge is 2.24. The lowest BCUT2D eigenvalue weighted by Gasteiger charge is -2.30. The summed E-state index contributed by atoms with van der Waals surface area (Å²) in [7, 11) is 0. The maximum Gasteiger partial charge on any atom is 0.0704 e. The van der Waals surface area contributed by atoms with E-state index in [0.29, 0.717) is 0 Å². The second-order valence-corrected chi connectivity index (χ2v) is 5.78. The summed E-state index contributed by atoms with van der Waals surface area (Å²) in [4.78, 5) is 4.39. The molecule has 1 unspecified atom stereocenters. The van der Waals surface area contributed by atoms with Gasteiger partial charge in [0.15, 0.2) is 0 Å². The number of hydrazine groups is 1. The number of rotatable bonds is 3. The molecule has 2 rings (SSSR count). The molecule has 0 aliphatic carbocycles. The van der Waals surface area contributed by atoms with Gasteiger partial charge in [0.05, 0.1) is 5.52 Å². The van der Waals surface area contributed by atoms with Crippen molar-refractivity contribution >= 4 is 10.9 Å². The molecule has 96 valence electrons. The van der Waals surface area contributed by atoms with E-state index in [9.17, 15) is 0 Å². The van der Waals surface area contributed by atoms with Crippen molar-refractivity contribution in [1.82, 2.24) is 10.4 Å². The third-order valence-corrected chi connectivity index (χ3v) is 3.41. The molecule has 1 heterocycles. The Morgan fingerprint density at radius 3 is 2.61 bits per heavy atom. The van der Waals surface area contributed by atoms with Gasteiger partial charge in [-0.05, 0) is 29.5 Å². The van der Waals surface area contributed by atoms with Crippen molar-refractivity contribution < 1.29 is 0 Å². The summed E-state index contributed by atoms with van der Waals surface area (Å²) in [6, 6.07) is 10.5. The number of hydrogen-bond donors (Lipinski definition) is 2. The molecule has 18 heavy (non-hydrogen) atoms. The molecule has 0 saturated carbocycles. The molecule has 2 aromatic rings. The Morgan fingerprint density at radius 2 is 1.94 bits per heavy atom. The highest BCUT2D eigenvalue weighted by atomic mass is 15.2. The Labute approximate surface area is 108 Å². The van der Waals surface area contributed by atoms with Crippen LogP contribution in [0.25, 0.3) is 10.9 Å². The third kappa shape index (κ3) is 2.68. The molecule has 3 N–H and O–H groups in total. The van der Waals surface area contributed by atoms with Gasteiger partial charge in [-0.25, -0.2) is 0 Å². The van der Waals surface area contributed by atoms with Crippen LogP contribution in [0, 0.1) is 5.41 Å². The largest absolute Gasteiger partial charge is 0.271 e. The minimum atomic E-state index is 0.124. The number of hydrogen-bond acceptors (Lipinski definition) is 3. The van der Waals surface area contributed by atoms with Gasteiger partial charge in [-0.15, -0.1) is 0 Å². The predicted molar refractivity (Wildman–Crippen MR) is 76.0 cm³/mol. The summed E-state index contributed by atoms with van der Waals surface area (Å²) in [5, 5.41) is 1.21. The van der Waals surface area contributed by atoms with Gasteiger partial charge in [0, 0.05) is 17.6 Å². The van der Waals surface area contributed by atoms with Crippen LogP contribution in [0.3, 0.4) is 0 Å². The molecule has 0 amide bonds. The lowest BCUT2D eigenvalue weighted by atomic mass is 9.83. The molecule has 0 saturated heterocycles. The predicted octanol–water partition coefficient (Wildman–Crippen LogP) is 2.66. The van der Waals surface area contributed by atoms with E-state index in [4.69, 9.17) is 5.84 Å². The highest BCUT2D eigenvalue weighted by molar-refractivity contribution is 5.81. The Hall–Kier alpha value is -1.45. The van der Waals surface area contributed by atoms with Crippen molar-refractivity contribution in [2.24, 2.45) is 11.3 Å². The molecule has 0 aliphatic rings. The molecule has 0 radical (unpaired) electrons. The number of aromatic nitrogens is 1. The summed E-state index contributed by atoms with van der Waals surface area (Å²) >= 11 is 0. The van der Waals surface area contributed by atoms with Crippen molar-refractivity contribution in [3.8, 4) is 0 Å². The SMILES string of the molecule is CC(C)(C)C(Cc1ccnc2ccccc12)NN. The fourth-order valence-electron chi connectivity index (χ4n) is 2.17. The van der Waals surface area contributed by atoms with E-state index in [2.05, 4.69) is 49.4 Å². The van der Waals surface area contributed by atoms with Crippen molar-refractivity contribution in [2.45, 2.75) is 33.2 Å². The van der Waals surface area contributed by atoms with Crippen LogP contribution in [-0.4, -0.2) is 11.0 Å². The second-order valence-electron chi connectivity index (χ2n) is 5.78. The Morgan fingerprint density at radius 1 is 1.22 bits per heavy atom. The zero-order chi connectivity index (χ0) is 13.2. The first-order valence-corrected chi connectivity index (χ1v) is 6.31. The Bertz CT molecular complexity index is 523. The number of nitrogens with one attached hydrogen (secondary N) is 1. The quantitative estimate of drug-likeness (QED) is 0.643. The van der Waals surface area contributed by atoms with Crippen LogP contribution in [0.2, 0.25) is 0 Å². The van der Waals surface area contributed by atoms with E-state index in [0.717, 1.165) is 11.9 Å². The Balaban J connectivity index is 2.37. The number of benzene rings is 1. The highest BCUT2D eigenvalue weighted by Crippen LogP contribution is 2.25. The van der Waals surface area contributed by atoms with E-state index < -0.39 is 0 Å². The van der Waals surface area contributed by atoms with Crippen molar-refractivity contribution in [3.05, 3.63) is 42.1 Å². The van der Waals surface area contributed by atoms with Gasteiger partial charge in [-0.3, -0.25) is 16.3 Å². The van der Waals surface area contributed by atoms with Gasteiger partial charge in [-0.2, -0.15) is 0 Å². The van der Waals surface area contributed by atoms with Gasteiger partial charge >= 0.3 is 0 Å². The molecule has 1 atom stereocenters. The first-order chi connectivity index (χ1) is 8.52. The maximum absolute atomic E-state index is 5.69. The number of para-hydroxylation sites is 1. The smallest absolute Gasteiger partial charge is 0.0704 e. The molecule has 0 bridgehead atoms. The third-order valence-electron chi connectivity index (χ3n) is 3.41. The number of fused-ring (bicyclic) bond motifs is 1. The lowest BCUT2D eigenvalue weighted by molar-refractivity contribution is 0.269. The molecule has 0 aliphatic heterocycles. The molecule has 1 aromatic carbocycles. The van der Waals surface area contributed by atoms with Gasteiger partial charge in [0.1, 0.15) is 0 Å². The normalized spacial score (nSPS) is 13.8.